The van der Waals surface area contributed by atoms with Gasteiger partial charge in [0.05, 0.1) is 6.10 Å². The van der Waals surface area contributed by atoms with Crippen molar-refractivity contribution in [1.82, 2.24) is 5.32 Å². The Morgan fingerprint density at radius 3 is 2.76 bits per heavy atom. The van der Waals surface area contributed by atoms with Crippen LogP contribution in [0.15, 0.2) is 43.2 Å². The Hall–Kier alpha value is -1.08. The Morgan fingerprint density at radius 2 is 2.05 bits per heavy atom. The van der Waals surface area contributed by atoms with Gasteiger partial charge in [-0.1, -0.05) is 37.8 Å². The summed E-state index contributed by atoms with van der Waals surface area (Å²) in [4.78, 5) is 0. The maximum atomic E-state index is 10.5. The van der Waals surface area contributed by atoms with Gasteiger partial charge in [-0.3, -0.25) is 0 Å². The molecule has 2 unspecified atom stereocenters. The van der Waals surface area contributed by atoms with E-state index in [1.165, 1.54) is 25.7 Å². The van der Waals surface area contributed by atoms with Gasteiger partial charge in [0.1, 0.15) is 0 Å². The van der Waals surface area contributed by atoms with E-state index in [1.807, 2.05) is 18.2 Å². The van der Waals surface area contributed by atoms with Crippen molar-refractivity contribution in [2.45, 2.75) is 69.1 Å². The minimum Gasteiger partial charge on any atom is -0.392 e. The molecule has 2 nitrogen and oxygen atoms in total. The molecule has 1 aliphatic carbocycles. The number of rotatable bonds is 5. The lowest BCUT2D eigenvalue weighted by Crippen LogP contribution is -2.61. The van der Waals surface area contributed by atoms with E-state index in [0.717, 1.165) is 25.7 Å². The first-order valence-corrected chi connectivity index (χ1v) is 8.31. The van der Waals surface area contributed by atoms with Crippen molar-refractivity contribution < 1.29 is 5.11 Å². The maximum Gasteiger partial charge on any atom is 0.0620 e. The van der Waals surface area contributed by atoms with Gasteiger partial charge in [-0.05, 0) is 51.0 Å². The summed E-state index contributed by atoms with van der Waals surface area (Å²) in [6, 6.07) is 0.549. The van der Waals surface area contributed by atoms with Crippen LogP contribution in [0.4, 0.5) is 0 Å². The van der Waals surface area contributed by atoms with Crippen LogP contribution in [0.5, 0.6) is 0 Å². The summed E-state index contributed by atoms with van der Waals surface area (Å²) in [7, 11) is 0. The first-order valence-electron chi connectivity index (χ1n) is 8.31. The number of hydrogen-bond acceptors (Lipinski definition) is 2. The van der Waals surface area contributed by atoms with Crippen molar-refractivity contribution >= 4 is 0 Å². The van der Waals surface area contributed by atoms with Crippen molar-refractivity contribution in [2.75, 3.05) is 0 Å². The average molecular weight is 287 g/mol. The Morgan fingerprint density at radius 1 is 1.29 bits per heavy atom. The van der Waals surface area contributed by atoms with E-state index >= 15 is 0 Å². The fourth-order valence-electron chi connectivity index (χ4n) is 4.13. The molecule has 0 amide bonds. The van der Waals surface area contributed by atoms with Crippen molar-refractivity contribution in [3.05, 3.63) is 43.2 Å². The van der Waals surface area contributed by atoms with Crippen LogP contribution in [0.2, 0.25) is 0 Å². The first-order chi connectivity index (χ1) is 10.2. The van der Waals surface area contributed by atoms with E-state index in [4.69, 9.17) is 0 Å². The molecule has 1 heterocycles. The molecule has 116 valence electrons. The highest BCUT2D eigenvalue weighted by Crippen LogP contribution is 2.41. The molecule has 1 saturated carbocycles. The highest BCUT2D eigenvalue weighted by atomic mass is 16.3. The molecule has 0 aromatic heterocycles. The van der Waals surface area contributed by atoms with E-state index in [2.05, 4.69) is 30.3 Å². The highest BCUT2D eigenvalue weighted by molar-refractivity contribution is 5.14. The molecule has 0 aromatic carbocycles. The molecule has 1 spiro atoms. The number of nitrogens with one attached hydrogen (secondary N) is 1. The Bertz CT molecular complexity index is 417. The summed E-state index contributed by atoms with van der Waals surface area (Å²) < 4.78 is 0. The van der Waals surface area contributed by atoms with E-state index in [0.29, 0.717) is 6.04 Å². The standard InChI is InChI=1S/C19H29NO/c1-3-5-7-10-16-11-8-14-19(20-16)15-9-13-18(21)17(19)12-6-4-2/h4-6,12,16-18,20-21H,1-2,7-11,13-15H2/b12-6+/t16-,17-,18?,19?/m1/s1. The molecule has 21 heavy (non-hydrogen) atoms. The van der Waals surface area contributed by atoms with Gasteiger partial charge < -0.3 is 10.4 Å². The molecule has 2 N–H and O–H groups in total. The molecule has 2 heteroatoms. The normalized spacial score (nSPS) is 36.5. The zero-order chi connectivity index (χ0) is 15.1. The van der Waals surface area contributed by atoms with Gasteiger partial charge in [0.25, 0.3) is 0 Å². The molecule has 2 fully saturated rings. The third-order valence-corrected chi connectivity index (χ3v) is 5.10. The van der Waals surface area contributed by atoms with E-state index in [1.54, 1.807) is 0 Å². The lowest BCUT2D eigenvalue weighted by Gasteiger charge is -2.51. The van der Waals surface area contributed by atoms with Crippen LogP contribution in [-0.2, 0) is 0 Å². The van der Waals surface area contributed by atoms with Crippen molar-refractivity contribution in [2.24, 2.45) is 5.92 Å². The van der Waals surface area contributed by atoms with Gasteiger partial charge in [-0.25, -0.2) is 0 Å². The third kappa shape index (κ3) is 3.97. The van der Waals surface area contributed by atoms with Crippen LogP contribution in [0.1, 0.15) is 51.4 Å². The average Bonchev–Trinajstić information content (AvgIpc) is 2.47. The van der Waals surface area contributed by atoms with Crippen LogP contribution in [-0.4, -0.2) is 22.8 Å². The molecule has 0 radical (unpaired) electrons. The maximum absolute atomic E-state index is 10.5. The monoisotopic (exact) mass is 287 g/mol. The lowest BCUT2D eigenvalue weighted by molar-refractivity contribution is 0.00298. The Balaban J connectivity index is 2.10. The summed E-state index contributed by atoms with van der Waals surface area (Å²) in [6.07, 6.45) is 16.8. The minimum atomic E-state index is -0.228. The summed E-state index contributed by atoms with van der Waals surface area (Å²) in [6.45, 7) is 7.39. The molecular formula is C19H29NO. The summed E-state index contributed by atoms with van der Waals surface area (Å²) in [5.41, 5.74) is 2.94. The molecular weight excluding hydrogens is 258 g/mol. The van der Waals surface area contributed by atoms with Gasteiger partial charge in [0.15, 0.2) is 0 Å². The van der Waals surface area contributed by atoms with Crippen LogP contribution >= 0.6 is 0 Å². The minimum absolute atomic E-state index is 0.0813. The van der Waals surface area contributed by atoms with Crippen molar-refractivity contribution in [3.63, 3.8) is 0 Å². The van der Waals surface area contributed by atoms with Crippen molar-refractivity contribution in [3.8, 4) is 0 Å². The van der Waals surface area contributed by atoms with E-state index in [-0.39, 0.29) is 17.6 Å². The number of allylic oxidation sites excluding steroid dienone is 3. The quantitative estimate of drug-likeness (QED) is 0.594. The predicted octanol–water partition coefficient (Wildman–Crippen LogP) is 3.89. The molecule has 1 aliphatic heterocycles. The van der Waals surface area contributed by atoms with Crippen LogP contribution < -0.4 is 5.32 Å². The smallest absolute Gasteiger partial charge is 0.0620 e. The zero-order valence-electron chi connectivity index (χ0n) is 13.1. The highest BCUT2D eigenvalue weighted by Gasteiger charge is 2.45. The molecule has 2 rings (SSSR count). The van der Waals surface area contributed by atoms with Crippen LogP contribution in [0, 0.1) is 5.92 Å². The molecule has 1 saturated heterocycles. The second kappa shape index (κ2) is 7.79. The van der Waals surface area contributed by atoms with Crippen LogP contribution in [0.25, 0.3) is 0 Å². The van der Waals surface area contributed by atoms with Gasteiger partial charge in [-0.15, -0.1) is 5.73 Å². The summed E-state index contributed by atoms with van der Waals surface area (Å²) >= 11 is 0. The number of aliphatic hydroxyl groups is 1. The van der Waals surface area contributed by atoms with Crippen molar-refractivity contribution in [1.29, 1.82) is 0 Å². The van der Waals surface area contributed by atoms with Crippen LogP contribution in [0.3, 0.4) is 0 Å². The van der Waals surface area contributed by atoms with Gasteiger partial charge in [0, 0.05) is 17.5 Å². The molecule has 2 aliphatic rings. The topological polar surface area (TPSA) is 32.3 Å². The summed E-state index contributed by atoms with van der Waals surface area (Å²) in [5.74, 6) is 0.210. The molecule has 0 bridgehead atoms. The summed E-state index contributed by atoms with van der Waals surface area (Å²) in [5, 5.41) is 14.4. The second-order valence-electron chi connectivity index (χ2n) is 6.48. The Kier molecular flexibility index (Phi) is 6.05. The SMILES string of the molecule is C=C=CCC[C@@H]1CCCC2(CCCC(O)[C@H]2/C=C/C=C)N1. The Labute approximate surface area is 129 Å². The predicted molar refractivity (Wildman–Crippen MR) is 89.1 cm³/mol. The molecule has 4 atom stereocenters. The van der Waals surface area contributed by atoms with E-state index < -0.39 is 0 Å². The van der Waals surface area contributed by atoms with Gasteiger partial charge in [0.2, 0.25) is 0 Å². The number of aliphatic hydroxyl groups excluding tert-OH is 1. The zero-order valence-corrected chi connectivity index (χ0v) is 13.1. The second-order valence-corrected chi connectivity index (χ2v) is 6.48. The molecule has 0 aromatic rings. The number of hydrogen-bond donors (Lipinski definition) is 2. The van der Waals surface area contributed by atoms with Gasteiger partial charge in [-0.2, -0.15) is 0 Å². The fraction of sp³-hybridized carbons (Fsp3) is 0.632. The lowest BCUT2D eigenvalue weighted by atomic mass is 9.66. The number of piperidine rings is 1. The fourth-order valence-corrected chi connectivity index (χ4v) is 4.13. The first kappa shape index (κ1) is 16.3. The van der Waals surface area contributed by atoms with Gasteiger partial charge >= 0.3 is 0 Å². The third-order valence-electron chi connectivity index (χ3n) is 5.10. The van der Waals surface area contributed by atoms with E-state index in [9.17, 15) is 5.11 Å². The largest absolute Gasteiger partial charge is 0.392 e.